The van der Waals surface area contributed by atoms with E-state index in [1.54, 1.807) is 0 Å². The lowest BCUT2D eigenvalue weighted by molar-refractivity contribution is -0.142. The molecule has 2 heteroatoms. The molecule has 226 valence electrons. The average Bonchev–Trinajstić information content (AvgIpc) is 2.88. The Morgan fingerprint density at radius 3 is 1.26 bits per heavy atom. The van der Waals surface area contributed by atoms with Gasteiger partial charge in [-0.1, -0.05) is 154 Å². The molecule has 0 bridgehead atoms. The molecule has 0 rings (SSSR count). The molecule has 0 fully saturated rings. The zero-order valence-corrected chi connectivity index (χ0v) is 27.3. The lowest BCUT2D eigenvalue weighted by Crippen LogP contribution is -2.19. The smallest absolute Gasteiger partial charge is 0.161 e. The van der Waals surface area contributed by atoms with E-state index in [1.807, 2.05) is 0 Å². The average molecular weight is 535 g/mol. The van der Waals surface area contributed by atoms with E-state index in [4.69, 9.17) is 9.47 Å². The molecule has 0 aliphatic rings. The third-order valence-corrected chi connectivity index (χ3v) is 7.71. The molecule has 0 radical (unpaired) electrons. The Kier molecular flexibility index (Phi) is 27.5. The fraction of sp³-hybridized carbons (Fsp3) is 0.889. The number of ether oxygens (including phenoxy) is 2. The summed E-state index contributed by atoms with van der Waals surface area (Å²) in [6, 6.07) is 0. The molecular weight excluding hydrogens is 464 g/mol. The Balaban J connectivity index is 4.06. The van der Waals surface area contributed by atoms with Gasteiger partial charge in [-0.15, -0.1) is 0 Å². The van der Waals surface area contributed by atoms with Crippen LogP contribution in [0.2, 0.25) is 0 Å². The zero-order valence-electron chi connectivity index (χ0n) is 27.3. The Morgan fingerprint density at radius 1 is 0.526 bits per heavy atom. The first kappa shape index (κ1) is 37.4. The van der Waals surface area contributed by atoms with E-state index in [0.717, 1.165) is 50.7 Å². The highest BCUT2D eigenvalue weighted by Gasteiger charge is 2.10. The van der Waals surface area contributed by atoms with Gasteiger partial charge in [0.2, 0.25) is 0 Å². The van der Waals surface area contributed by atoms with Crippen molar-refractivity contribution in [1.29, 1.82) is 0 Å². The second kappa shape index (κ2) is 27.9. The lowest BCUT2D eigenvalue weighted by atomic mass is 10.0. The van der Waals surface area contributed by atoms with E-state index in [1.165, 1.54) is 114 Å². The van der Waals surface area contributed by atoms with Crippen LogP contribution in [0.4, 0.5) is 0 Å². The first-order chi connectivity index (χ1) is 18.3. The summed E-state index contributed by atoms with van der Waals surface area (Å²) in [5.74, 6) is 1.72. The fourth-order valence-corrected chi connectivity index (χ4v) is 4.83. The molecule has 0 atom stereocenters. The van der Waals surface area contributed by atoms with Crippen molar-refractivity contribution in [2.24, 2.45) is 11.8 Å². The van der Waals surface area contributed by atoms with E-state index in [9.17, 15) is 0 Å². The van der Waals surface area contributed by atoms with Crippen LogP contribution in [0.1, 0.15) is 177 Å². The molecule has 2 nitrogen and oxygen atoms in total. The third kappa shape index (κ3) is 28.4. The van der Waals surface area contributed by atoms with E-state index in [0.29, 0.717) is 0 Å². The van der Waals surface area contributed by atoms with Crippen molar-refractivity contribution in [3.63, 3.8) is 0 Å². The van der Waals surface area contributed by atoms with E-state index in [2.05, 4.69) is 60.6 Å². The number of rotatable bonds is 28. The van der Waals surface area contributed by atoms with Gasteiger partial charge in [0.25, 0.3) is 0 Å². The SMILES string of the molecule is C/C=C(\C)C/C=C(\C)CC(OCCCCCCCCCCC(C)C)OCCCCCCCCCCC(C)C. The van der Waals surface area contributed by atoms with Crippen LogP contribution in [0.5, 0.6) is 0 Å². The zero-order chi connectivity index (χ0) is 28.3. The van der Waals surface area contributed by atoms with Gasteiger partial charge in [-0.05, 0) is 51.9 Å². The van der Waals surface area contributed by atoms with Crippen LogP contribution in [0, 0.1) is 11.8 Å². The highest BCUT2D eigenvalue weighted by Crippen LogP contribution is 2.17. The molecule has 0 aliphatic carbocycles. The van der Waals surface area contributed by atoms with Crippen LogP contribution in [0.15, 0.2) is 23.3 Å². The van der Waals surface area contributed by atoms with Crippen molar-refractivity contribution in [3.05, 3.63) is 23.3 Å². The van der Waals surface area contributed by atoms with Gasteiger partial charge >= 0.3 is 0 Å². The molecule has 0 unspecified atom stereocenters. The summed E-state index contributed by atoms with van der Waals surface area (Å²) in [5, 5.41) is 0. The molecule has 0 aromatic carbocycles. The van der Waals surface area contributed by atoms with Gasteiger partial charge in [-0.3, -0.25) is 0 Å². The molecule has 0 aromatic rings. The number of hydrogen-bond acceptors (Lipinski definition) is 2. The van der Waals surface area contributed by atoms with Gasteiger partial charge in [0.1, 0.15) is 0 Å². The first-order valence-electron chi connectivity index (χ1n) is 16.9. The molecule has 38 heavy (non-hydrogen) atoms. The van der Waals surface area contributed by atoms with Crippen LogP contribution in [-0.4, -0.2) is 19.5 Å². The lowest BCUT2D eigenvalue weighted by Gasteiger charge is -2.19. The van der Waals surface area contributed by atoms with E-state index in [-0.39, 0.29) is 6.29 Å². The van der Waals surface area contributed by atoms with E-state index < -0.39 is 0 Å². The Labute approximate surface area is 240 Å². The summed E-state index contributed by atoms with van der Waals surface area (Å²) >= 11 is 0. The summed E-state index contributed by atoms with van der Waals surface area (Å²) in [5.41, 5.74) is 2.80. The van der Waals surface area contributed by atoms with Crippen LogP contribution < -0.4 is 0 Å². The van der Waals surface area contributed by atoms with Crippen LogP contribution in [0.25, 0.3) is 0 Å². The van der Waals surface area contributed by atoms with Gasteiger partial charge in [-0.25, -0.2) is 0 Å². The van der Waals surface area contributed by atoms with Gasteiger partial charge in [-0.2, -0.15) is 0 Å². The van der Waals surface area contributed by atoms with Crippen molar-refractivity contribution in [1.82, 2.24) is 0 Å². The van der Waals surface area contributed by atoms with Crippen molar-refractivity contribution in [2.75, 3.05) is 13.2 Å². The highest BCUT2D eigenvalue weighted by molar-refractivity contribution is 5.08. The molecule has 0 aromatic heterocycles. The predicted octanol–water partition coefficient (Wildman–Crippen LogP) is 12.4. The minimum absolute atomic E-state index is 0.0842. The summed E-state index contributed by atoms with van der Waals surface area (Å²) in [4.78, 5) is 0. The highest BCUT2D eigenvalue weighted by atomic mass is 16.7. The molecular formula is C36H70O2. The summed E-state index contributed by atoms with van der Waals surface area (Å²) in [7, 11) is 0. The molecule has 0 saturated carbocycles. The minimum Gasteiger partial charge on any atom is -0.352 e. The Hall–Kier alpha value is -0.600. The Morgan fingerprint density at radius 2 is 0.895 bits per heavy atom. The van der Waals surface area contributed by atoms with Crippen molar-refractivity contribution < 1.29 is 9.47 Å². The van der Waals surface area contributed by atoms with Gasteiger partial charge in [0.05, 0.1) is 0 Å². The van der Waals surface area contributed by atoms with Crippen LogP contribution in [-0.2, 0) is 9.47 Å². The van der Waals surface area contributed by atoms with E-state index >= 15 is 0 Å². The fourth-order valence-electron chi connectivity index (χ4n) is 4.83. The standard InChI is InChI=1S/C36H70O2/c1-8-34(6)27-28-35(7)31-36(37-29-23-19-15-11-9-13-17-21-25-32(2)3)38-30-24-20-16-12-10-14-18-22-26-33(4)5/h8,28,32-33,36H,9-27,29-31H2,1-7H3/b34-8+,35-28+. The maximum absolute atomic E-state index is 6.25. The maximum Gasteiger partial charge on any atom is 0.161 e. The van der Waals surface area contributed by atoms with Crippen LogP contribution >= 0.6 is 0 Å². The first-order valence-corrected chi connectivity index (χ1v) is 16.9. The number of hydrogen-bond donors (Lipinski definition) is 0. The topological polar surface area (TPSA) is 18.5 Å². The van der Waals surface area contributed by atoms with Gasteiger partial charge in [0, 0.05) is 19.6 Å². The summed E-state index contributed by atoms with van der Waals surface area (Å²) < 4.78 is 12.5. The molecule has 0 aliphatic heterocycles. The summed E-state index contributed by atoms with van der Waals surface area (Å²) in [6.45, 7) is 17.5. The Bertz CT molecular complexity index is 516. The predicted molar refractivity (Wildman–Crippen MR) is 171 cm³/mol. The van der Waals surface area contributed by atoms with Crippen LogP contribution in [0.3, 0.4) is 0 Å². The monoisotopic (exact) mass is 535 g/mol. The van der Waals surface area contributed by atoms with Gasteiger partial charge < -0.3 is 9.47 Å². The van der Waals surface area contributed by atoms with Gasteiger partial charge in [0.15, 0.2) is 6.29 Å². The largest absolute Gasteiger partial charge is 0.352 e. The van der Waals surface area contributed by atoms with Crippen molar-refractivity contribution in [3.8, 4) is 0 Å². The molecule has 0 spiro atoms. The number of unbranched alkanes of at least 4 members (excludes halogenated alkanes) is 14. The molecule has 0 heterocycles. The second-order valence-corrected chi connectivity index (χ2v) is 12.8. The maximum atomic E-state index is 6.25. The normalized spacial score (nSPS) is 13.0. The minimum atomic E-state index is -0.0842. The second-order valence-electron chi connectivity index (χ2n) is 12.8. The summed E-state index contributed by atoms with van der Waals surface area (Å²) in [6.07, 6.45) is 30.8. The molecule has 0 amide bonds. The molecule has 0 saturated heterocycles. The van der Waals surface area contributed by atoms with Crippen molar-refractivity contribution in [2.45, 2.75) is 183 Å². The quantitative estimate of drug-likeness (QED) is 0.0564. The molecule has 0 N–H and O–H groups in total. The third-order valence-electron chi connectivity index (χ3n) is 7.71. The number of allylic oxidation sites excluding steroid dienone is 3. The van der Waals surface area contributed by atoms with Crippen molar-refractivity contribution >= 4 is 0 Å².